The average molecular weight is 536 g/mol. The number of carbonyl (C=O) groups excluding carboxylic acids is 2. The lowest BCUT2D eigenvalue weighted by Crippen LogP contribution is -2.58. The van der Waals surface area contributed by atoms with Crippen LogP contribution >= 0.6 is 0 Å². The number of urea groups is 1. The highest BCUT2D eigenvalue weighted by atomic mass is 19.1. The first-order valence-electron chi connectivity index (χ1n) is 13.4. The highest BCUT2D eigenvalue weighted by Crippen LogP contribution is 2.47. The molecule has 1 saturated carbocycles. The summed E-state index contributed by atoms with van der Waals surface area (Å²) >= 11 is 0. The standard InChI is InChI=1S/C28H34FN7O3/c1-17-22(29)20(14-18-15-33(5)32-23(17)18)31-25(37)35-11-7-19-21(6-10-30-24(19)35)34-12-13-36(28(16-34)8-9-28)26(38)39-27(2,3)4/h6,10,14-15H,7-9,11-13,16H2,1-5H3,(H,31,37). The summed E-state index contributed by atoms with van der Waals surface area (Å²) in [6.07, 6.45) is 5.79. The predicted molar refractivity (Wildman–Crippen MR) is 147 cm³/mol. The third kappa shape index (κ3) is 4.43. The van der Waals surface area contributed by atoms with Crippen LogP contribution in [0.15, 0.2) is 24.5 Å². The van der Waals surface area contributed by atoms with E-state index >= 15 is 4.39 Å². The van der Waals surface area contributed by atoms with Crippen LogP contribution in [0.4, 0.5) is 31.2 Å². The number of fused-ring (bicyclic) bond motifs is 2. The van der Waals surface area contributed by atoms with Crippen molar-refractivity contribution in [3.8, 4) is 0 Å². The van der Waals surface area contributed by atoms with Crippen molar-refractivity contribution in [2.75, 3.05) is 41.3 Å². The lowest BCUT2D eigenvalue weighted by Gasteiger charge is -2.43. The Hall–Kier alpha value is -3.89. The maximum atomic E-state index is 15.1. The van der Waals surface area contributed by atoms with E-state index in [1.165, 1.54) is 0 Å². The molecule has 2 aliphatic heterocycles. The van der Waals surface area contributed by atoms with Gasteiger partial charge in [-0.25, -0.2) is 19.0 Å². The smallest absolute Gasteiger partial charge is 0.410 e. The molecule has 6 rings (SSSR count). The van der Waals surface area contributed by atoms with Gasteiger partial charge in [-0.3, -0.25) is 14.5 Å². The van der Waals surface area contributed by atoms with Gasteiger partial charge in [-0.1, -0.05) is 0 Å². The first kappa shape index (κ1) is 25.4. The third-order valence-electron chi connectivity index (χ3n) is 7.85. The second-order valence-corrected chi connectivity index (χ2v) is 11.8. The van der Waals surface area contributed by atoms with Crippen molar-refractivity contribution < 1.29 is 18.7 Å². The van der Waals surface area contributed by atoms with Crippen LogP contribution in [-0.2, 0) is 18.2 Å². The Kier molecular flexibility index (Phi) is 5.74. The number of hydrogen-bond donors (Lipinski definition) is 1. The van der Waals surface area contributed by atoms with E-state index in [1.54, 1.807) is 42.0 Å². The van der Waals surface area contributed by atoms with Crippen LogP contribution in [0.5, 0.6) is 0 Å². The Bertz CT molecular complexity index is 1490. The molecule has 3 aliphatic rings. The van der Waals surface area contributed by atoms with Gasteiger partial charge in [0.05, 0.1) is 16.7 Å². The molecule has 0 bridgehead atoms. The fourth-order valence-corrected chi connectivity index (χ4v) is 5.83. The van der Waals surface area contributed by atoms with E-state index < -0.39 is 17.4 Å². The molecular formula is C28H34FN7O3. The number of ether oxygens (including phenoxy) is 1. The number of carbonyl (C=O) groups is 2. The molecule has 1 spiro atoms. The molecule has 2 fully saturated rings. The van der Waals surface area contributed by atoms with E-state index in [-0.39, 0.29) is 17.3 Å². The number of nitrogens with one attached hydrogen (secondary N) is 1. The second-order valence-electron chi connectivity index (χ2n) is 11.8. The summed E-state index contributed by atoms with van der Waals surface area (Å²) in [6, 6.07) is 3.18. The number of aromatic nitrogens is 3. The lowest BCUT2D eigenvalue weighted by molar-refractivity contribution is 0.0106. The van der Waals surface area contributed by atoms with E-state index in [0.29, 0.717) is 49.5 Å². The molecule has 1 saturated heterocycles. The summed E-state index contributed by atoms with van der Waals surface area (Å²) in [4.78, 5) is 36.5. The SMILES string of the molecule is Cc1c(F)c(NC(=O)N2CCc3c(N4CCN(C(=O)OC(C)(C)C)C5(CC5)C4)ccnc32)cc2cn(C)nc12. The summed E-state index contributed by atoms with van der Waals surface area (Å²) in [6.45, 7) is 9.72. The molecule has 10 nitrogen and oxygen atoms in total. The molecule has 11 heteroatoms. The molecule has 206 valence electrons. The van der Waals surface area contributed by atoms with Gasteiger partial charge in [-0.05, 0) is 59.1 Å². The Balaban J connectivity index is 1.21. The summed E-state index contributed by atoms with van der Waals surface area (Å²) in [5.41, 5.74) is 2.36. The number of hydrogen-bond acceptors (Lipinski definition) is 6. The van der Waals surface area contributed by atoms with Crippen LogP contribution < -0.4 is 15.1 Å². The number of halogens is 1. The Labute approximate surface area is 226 Å². The van der Waals surface area contributed by atoms with Gasteiger partial charge >= 0.3 is 12.1 Å². The Morgan fingerprint density at radius 3 is 2.67 bits per heavy atom. The van der Waals surface area contributed by atoms with E-state index in [0.717, 1.165) is 29.5 Å². The molecule has 3 amide bonds. The number of amides is 3. The number of anilines is 3. The summed E-state index contributed by atoms with van der Waals surface area (Å²) < 4.78 is 22.4. The van der Waals surface area contributed by atoms with Crippen LogP contribution in [0.25, 0.3) is 10.9 Å². The number of piperazine rings is 1. The van der Waals surface area contributed by atoms with Crippen LogP contribution in [-0.4, -0.2) is 69.1 Å². The fraction of sp³-hybridized carbons (Fsp3) is 0.500. The zero-order valence-corrected chi connectivity index (χ0v) is 23.0. The topological polar surface area (TPSA) is 95.8 Å². The van der Waals surface area contributed by atoms with Crippen LogP contribution in [0, 0.1) is 12.7 Å². The fourth-order valence-electron chi connectivity index (χ4n) is 5.83. The highest BCUT2D eigenvalue weighted by molar-refractivity contribution is 6.04. The minimum absolute atomic E-state index is 0.122. The van der Waals surface area contributed by atoms with Crippen LogP contribution in [0.3, 0.4) is 0 Å². The second kappa shape index (κ2) is 8.82. The van der Waals surface area contributed by atoms with E-state index in [2.05, 4.69) is 20.3 Å². The van der Waals surface area contributed by atoms with Gasteiger partial charge in [0.2, 0.25) is 0 Å². The molecule has 1 N–H and O–H groups in total. The lowest BCUT2D eigenvalue weighted by atomic mass is 10.1. The number of nitrogens with zero attached hydrogens (tertiary/aromatic N) is 6. The van der Waals surface area contributed by atoms with E-state index in [1.807, 2.05) is 31.7 Å². The van der Waals surface area contributed by atoms with Crippen molar-refractivity contribution in [3.63, 3.8) is 0 Å². The molecule has 1 aliphatic carbocycles. The largest absolute Gasteiger partial charge is 0.444 e. The molecule has 0 radical (unpaired) electrons. The van der Waals surface area contributed by atoms with Crippen LogP contribution in [0.1, 0.15) is 44.7 Å². The van der Waals surface area contributed by atoms with Gasteiger partial charge in [0.15, 0.2) is 5.82 Å². The number of benzene rings is 1. The zero-order chi connectivity index (χ0) is 27.7. The minimum Gasteiger partial charge on any atom is -0.444 e. The first-order chi connectivity index (χ1) is 18.5. The maximum Gasteiger partial charge on any atom is 0.410 e. The van der Waals surface area contributed by atoms with Crippen LogP contribution in [0.2, 0.25) is 0 Å². The highest BCUT2D eigenvalue weighted by Gasteiger charge is 2.54. The minimum atomic E-state index is -0.536. The number of rotatable bonds is 2. The Morgan fingerprint density at radius 2 is 1.95 bits per heavy atom. The molecule has 3 aromatic rings. The van der Waals surface area contributed by atoms with Crippen molar-refractivity contribution in [1.29, 1.82) is 0 Å². The van der Waals surface area contributed by atoms with Crippen molar-refractivity contribution >= 4 is 40.2 Å². The zero-order valence-electron chi connectivity index (χ0n) is 23.0. The number of pyridine rings is 1. The van der Waals surface area contributed by atoms with E-state index in [9.17, 15) is 9.59 Å². The summed E-state index contributed by atoms with van der Waals surface area (Å²) in [5, 5.41) is 7.82. The third-order valence-corrected chi connectivity index (χ3v) is 7.85. The molecule has 4 heterocycles. The van der Waals surface area contributed by atoms with Gasteiger partial charge in [-0.2, -0.15) is 5.10 Å². The van der Waals surface area contributed by atoms with Crippen molar-refractivity contribution in [2.45, 2.75) is 58.1 Å². The van der Waals surface area contributed by atoms with Gasteiger partial charge in [-0.15, -0.1) is 0 Å². The molecule has 2 aromatic heterocycles. The molecule has 0 unspecified atom stereocenters. The van der Waals surface area contributed by atoms with Crippen molar-refractivity contribution in [1.82, 2.24) is 19.7 Å². The molecule has 39 heavy (non-hydrogen) atoms. The number of aryl methyl sites for hydroxylation is 2. The normalized spacial score (nSPS) is 18.1. The van der Waals surface area contributed by atoms with Gasteiger partial charge in [0, 0.05) is 67.8 Å². The van der Waals surface area contributed by atoms with E-state index in [4.69, 9.17) is 4.74 Å². The van der Waals surface area contributed by atoms with Crippen molar-refractivity contribution in [3.05, 3.63) is 41.5 Å². The summed E-state index contributed by atoms with van der Waals surface area (Å²) in [7, 11) is 1.78. The van der Waals surface area contributed by atoms with Gasteiger partial charge in [0.1, 0.15) is 11.4 Å². The van der Waals surface area contributed by atoms with Gasteiger partial charge in [0.25, 0.3) is 0 Å². The maximum absolute atomic E-state index is 15.1. The quantitative estimate of drug-likeness (QED) is 0.515. The first-order valence-corrected chi connectivity index (χ1v) is 13.4. The monoisotopic (exact) mass is 535 g/mol. The molecular weight excluding hydrogens is 501 g/mol. The molecule has 1 aromatic carbocycles. The average Bonchev–Trinajstić information content (AvgIpc) is 3.30. The Morgan fingerprint density at radius 1 is 1.18 bits per heavy atom. The van der Waals surface area contributed by atoms with Gasteiger partial charge < -0.3 is 15.0 Å². The summed E-state index contributed by atoms with van der Waals surface area (Å²) in [5.74, 6) is 0.0947. The molecule has 0 atom stereocenters. The van der Waals surface area contributed by atoms with Crippen molar-refractivity contribution in [2.24, 2.45) is 7.05 Å². The predicted octanol–water partition coefficient (Wildman–Crippen LogP) is 4.60.